The van der Waals surface area contributed by atoms with Crippen LogP contribution in [0.1, 0.15) is 35.6 Å². The van der Waals surface area contributed by atoms with Crippen molar-refractivity contribution >= 4 is 52.3 Å². The van der Waals surface area contributed by atoms with Crippen molar-refractivity contribution in [3.8, 4) is 27.5 Å². The van der Waals surface area contributed by atoms with Crippen LogP contribution in [0.5, 0.6) is 0 Å². The van der Waals surface area contributed by atoms with Crippen LogP contribution in [-0.4, -0.2) is 31.1 Å². The molecule has 0 atom stereocenters. The van der Waals surface area contributed by atoms with Gasteiger partial charge in [-0.1, -0.05) is 66.6 Å². The number of carboxylic acids is 1. The molecular formula is C24H18Cl2F3N3O2S2. The lowest BCUT2D eigenvalue weighted by molar-refractivity contribution is -0.137. The maximum absolute atomic E-state index is 13.3. The Labute approximate surface area is 222 Å². The molecule has 0 saturated heterocycles. The minimum atomic E-state index is -4.57. The molecule has 0 saturated carbocycles. The Morgan fingerprint density at radius 2 is 1.83 bits per heavy atom. The van der Waals surface area contributed by atoms with Crippen molar-refractivity contribution < 1.29 is 23.1 Å². The topological polar surface area (TPSA) is 68.0 Å². The zero-order chi connectivity index (χ0) is 26.4. The fourth-order valence-electron chi connectivity index (χ4n) is 3.57. The van der Waals surface area contributed by atoms with Crippen molar-refractivity contribution in [1.29, 1.82) is 0 Å². The van der Waals surface area contributed by atoms with Crippen LogP contribution in [0.25, 0.3) is 27.5 Å². The number of hydrogen-bond donors (Lipinski definition) is 1. The third-order valence-corrected chi connectivity index (χ3v) is 8.03. The maximum Gasteiger partial charge on any atom is 0.416 e. The van der Waals surface area contributed by atoms with Gasteiger partial charge >= 0.3 is 12.1 Å². The average molecular weight is 572 g/mol. The van der Waals surface area contributed by atoms with E-state index in [-0.39, 0.29) is 32.9 Å². The number of alkyl halides is 3. The lowest BCUT2D eigenvalue weighted by Crippen LogP contribution is -2.09. The number of halogens is 5. The first-order chi connectivity index (χ1) is 16.9. The van der Waals surface area contributed by atoms with Gasteiger partial charge in [-0.3, -0.25) is 0 Å². The summed E-state index contributed by atoms with van der Waals surface area (Å²) in [6.07, 6.45) is -4.57. The Balaban J connectivity index is 1.91. The van der Waals surface area contributed by atoms with E-state index in [2.05, 4.69) is 10.1 Å². The van der Waals surface area contributed by atoms with Gasteiger partial charge < -0.3 is 5.11 Å². The zero-order valence-electron chi connectivity index (χ0n) is 19.0. The van der Waals surface area contributed by atoms with Gasteiger partial charge in [-0.05, 0) is 36.8 Å². The predicted molar refractivity (Wildman–Crippen MR) is 138 cm³/mol. The van der Waals surface area contributed by atoms with Crippen LogP contribution >= 0.6 is 46.3 Å². The van der Waals surface area contributed by atoms with E-state index in [1.54, 1.807) is 25.1 Å². The summed E-state index contributed by atoms with van der Waals surface area (Å²) in [4.78, 5) is 17.0. The van der Waals surface area contributed by atoms with Crippen molar-refractivity contribution in [2.75, 3.05) is 0 Å². The number of aryl methyl sites for hydroxylation is 1. The van der Waals surface area contributed by atoms with Gasteiger partial charge in [-0.15, -0.1) is 11.8 Å². The number of benzene rings is 2. The number of hydrogen-bond acceptors (Lipinski definition) is 5. The first kappa shape index (κ1) is 26.5. The zero-order valence-corrected chi connectivity index (χ0v) is 22.2. The fourth-order valence-corrected chi connectivity index (χ4v) is 6.34. The van der Waals surface area contributed by atoms with Gasteiger partial charge in [-0.25, -0.2) is 9.78 Å². The molecule has 0 fully saturated rings. The number of aromatic nitrogens is 3. The summed E-state index contributed by atoms with van der Waals surface area (Å²) in [6.45, 7) is 5.57. The largest absolute Gasteiger partial charge is 0.476 e. The number of carboxylic acid groups (broad SMARTS) is 1. The number of carbonyl (C=O) groups is 1. The molecule has 4 aromatic rings. The second kappa shape index (κ2) is 10.1. The highest BCUT2D eigenvalue weighted by Crippen LogP contribution is 2.42. The number of rotatable bonds is 6. The van der Waals surface area contributed by atoms with Crippen molar-refractivity contribution in [2.24, 2.45) is 0 Å². The van der Waals surface area contributed by atoms with E-state index < -0.39 is 17.7 Å². The van der Waals surface area contributed by atoms with E-state index >= 15 is 0 Å². The Morgan fingerprint density at radius 1 is 1.11 bits per heavy atom. The lowest BCUT2D eigenvalue weighted by atomic mass is 10.0. The van der Waals surface area contributed by atoms with Gasteiger partial charge in [0.25, 0.3) is 0 Å². The predicted octanol–water partition coefficient (Wildman–Crippen LogP) is 8.50. The number of thioether (sulfide) groups is 1. The highest BCUT2D eigenvalue weighted by Gasteiger charge is 2.32. The van der Waals surface area contributed by atoms with E-state index in [4.69, 9.17) is 23.2 Å². The van der Waals surface area contributed by atoms with Gasteiger partial charge in [-0.2, -0.15) is 23.0 Å². The number of nitrogens with zero attached hydrogens (tertiary/aromatic N) is 3. The molecule has 2 aromatic carbocycles. The highest BCUT2D eigenvalue weighted by atomic mass is 35.5. The Hall–Kier alpha value is -2.53. The van der Waals surface area contributed by atoms with E-state index in [1.165, 1.54) is 39.9 Å². The first-order valence-corrected chi connectivity index (χ1v) is 13.0. The second-order valence-electron chi connectivity index (χ2n) is 8.03. The van der Waals surface area contributed by atoms with E-state index in [9.17, 15) is 23.1 Å². The lowest BCUT2D eigenvalue weighted by Gasteiger charge is -2.09. The Bertz CT molecular complexity index is 1470. The average Bonchev–Trinajstić information content (AvgIpc) is 3.35. The molecule has 2 aromatic heterocycles. The first-order valence-electron chi connectivity index (χ1n) is 10.5. The van der Waals surface area contributed by atoms with E-state index in [1.807, 2.05) is 13.8 Å². The minimum Gasteiger partial charge on any atom is -0.476 e. The maximum atomic E-state index is 13.3. The fraction of sp³-hybridized carbons (Fsp3) is 0.208. The highest BCUT2D eigenvalue weighted by molar-refractivity contribution is 8.01. The molecule has 0 aliphatic rings. The number of thiazole rings is 1. The van der Waals surface area contributed by atoms with Crippen LogP contribution in [0.15, 0.2) is 46.7 Å². The summed E-state index contributed by atoms with van der Waals surface area (Å²) in [6, 6.07) is 9.61. The molecule has 0 unspecified atom stereocenters. The molecule has 188 valence electrons. The molecule has 36 heavy (non-hydrogen) atoms. The molecule has 2 heterocycles. The van der Waals surface area contributed by atoms with Crippen LogP contribution in [-0.2, 0) is 6.18 Å². The molecule has 4 rings (SSSR count). The van der Waals surface area contributed by atoms with Crippen LogP contribution in [0.3, 0.4) is 0 Å². The van der Waals surface area contributed by atoms with E-state index in [0.29, 0.717) is 21.3 Å². The standard InChI is InChI=1S/C24H18Cl2F3N3O2S2/c1-11(2)35-22-19(14-7-8-16(25)17(26)10-14)30-23(36-22)32-20(21(33)34)18(12(3)31-32)13-5-4-6-15(9-13)24(27,28)29/h4-11H,1-3H3,(H,33,34). The van der Waals surface area contributed by atoms with Gasteiger partial charge in [0.05, 0.1) is 31.2 Å². The van der Waals surface area contributed by atoms with Crippen molar-refractivity contribution in [2.45, 2.75) is 36.4 Å². The summed E-state index contributed by atoms with van der Waals surface area (Å²) in [5.74, 6) is -1.34. The van der Waals surface area contributed by atoms with Crippen LogP contribution in [0.4, 0.5) is 13.2 Å². The Kier molecular flexibility index (Phi) is 7.43. The van der Waals surface area contributed by atoms with Crippen molar-refractivity contribution in [3.05, 3.63) is 69.5 Å². The molecule has 0 radical (unpaired) electrons. The van der Waals surface area contributed by atoms with Gasteiger partial charge in [0.2, 0.25) is 5.13 Å². The third-order valence-electron chi connectivity index (χ3n) is 5.04. The molecule has 1 N–H and O–H groups in total. The molecular weight excluding hydrogens is 554 g/mol. The van der Waals surface area contributed by atoms with Crippen LogP contribution in [0, 0.1) is 6.92 Å². The minimum absolute atomic E-state index is 0.0953. The van der Waals surface area contributed by atoms with Gasteiger partial charge in [0.15, 0.2) is 5.69 Å². The molecule has 0 aliphatic heterocycles. The normalized spacial score (nSPS) is 11.9. The van der Waals surface area contributed by atoms with E-state index in [0.717, 1.165) is 16.3 Å². The number of aromatic carboxylic acids is 1. The molecule has 12 heteroatoms. The van der Waals surface area contributed by atoms with Crippen LogP contribution < -0.4 is 0 Å². The summed E-state index contributed by atoms with van der Waals surface area (Å²) in [5.41, 5.74) is 0.571. The monoisotopic (exact) mass is 571 g/mol. The summed E-state index contributed by atoms with van der Waals surface area (Å²) >= 11 is 15.0. The van der Waals surface area contributed by atoms with Crippen molar-refractivity contribution in [1.82, 2.24) is 14.8 Å². The van der Waals surface area contributed by atoms with Crippen molar-refractivity contribution in [3.63, 3.8) is 0 Å². The Morgan fingerprint density at radius 3 is 2.44 bits per heavy atom. The smallest absolute Gasteiger partial charge is 0.416 e. The molecule has 0 spiro atoms. The summed E-state index contributed by atoms with van der Waals surface area (Å²) in [5, 5.41) is 15.6. The summed E-state index contributed by atoms with van der Waals surface area (Å²) in [7, 11) is 0. The molecule has 0 aliphatic carbocycles. The third kappa shape index (κ3) is 5.27. The molecule has 0 bridgehead atoms. The second-order valence-corrected chi connectivity index (χ2v) is 11.7. The summed E-state index contributed by atoms with van der Waals surface area (Å²) < 4.78 is 41.9. The molecule has 0 amide bonds. The molecule has 5 nitrogen and oxygen atoms in total. The van der Waals surface area contributed by atoms with Gasteiger partial charge in [0.1, 0.15) is 0 Å². The van der Waals surface area contributed by atoms with Gasteiger partial charge in [0, 0.05) is 16.4 Å². The van der Waals surface area contributed by atoms with Crippen LogP contribution in [0.2, 0.25) is 10.0 Å². The SMILES string of the molecule is Cc1nn(-c2nc(-c3ccc(Cl)c(Cl)c3)c(SC(C)C)s2)c(C(=O)O)c1-c1cccc(C(F)(F)F)c1. The quantitative estimate of drug-likeness (QED) is 0.235.